The van der Waals surface area contributed by atoms with Gasteiger partial charge in [0.1, 0.15) is 17.7 Å². The third-order valence-corrected chi connectivity index (χ3v) is 6.71. The molecule has 9 nitrogen and oxygen atoms in total. The largest absolute Gasteiger partial charge is 0.480 e. The maximum atomic E-state index is 12.9. The van der Waals surface area contributed by atoms with E-state index in [9.17, 15) is 24.3 Å². The summed E-state index contributed by atoms with van der Waals surface area (Å²) in [5.74, 6) is -2.26. The quantitative estimate of drug-likeness (QED) is 0.483. The Labute approximate surface area is 205 Å². The van der Waals surface area contributed by atoms with E-state index in [2.05, 4.69) is 10.6 Å². The Balaban J connectivity index is 1.99. The van der Waals surface area contributed by atoms with Crippen LogP contribution in [-0.2, 0) is 19.1 Å². The molecule has 0 aromatic heterocycles. The van der Waals surface area contributed by atoms with Crippen LogP contribution in [0.5, 0.6) is 0 Å². The zero-order valence-corrected chi connectivity index (χ0v) is 21.2. The van der Waals surface area contributed by atoms with Crippen molar-refractivity contribution in [2.24, 2.45) is 5.92 Å². The van der Waals surface area contributed by atoms with E-state index in [-0.39, 0.29) is 24.3 Å². The summed E-state index contributed by atoms with van der Waals surface area (Å²) in [6.07, 6.45) is 0.225. The predicted octanol–water partition coefficient (Wildman–Crippen LogP) is 2.89. The molecule has 188 valence electrons. The highest BCUT2D eigenvalue weighted by Gasteiger charge is 2.40. The third kappa shape index (κ3) is 8.23. The minimum Gasteiger partial charge on any atom is -0.480 e. The molecular weight excluding hydrogens is 458 g/mol. The molecule has 1 aromatic rings. The summed E-state index contributed by atoms with van der Waals surface area (Å²) >= 11 is 1.53. The number of carboxylic acids is 1. The van der Waals surface area contributed by atoms with Crippen molar-refractivity contribution in [2.75, 3.05) is 13.1 Å². The number of benzene rings is 1. The van der Waals surface area contributed by atoms with E-state index in [0.29, 0.717) is 12.8 Å². The lowest BCUT2D eigenvalue weighted by atomic mass is 9.98. The van der Waals surface area contributed by atoms with E-state index < -0.39 is 41.6 Å². The number of ether oxygens (including phenoxy) is 1. The van der Waals surface area contributed by atoms with Crippen molar-refractivity contribution in [1.82, 2.24) is 15.5 Å². The second-order valence-corrected chi connectivity index (χ2v) is 10.8. The summed E-state index contributed by atoms with van der Waals surface area (Å²) in [5, 5.41) is 14.7. The van der Waals surface area contributed by atoms with Crippen LogP contribution < -0.4 is 10.6 Å². The lowest BCUT2D eigenvalue weighted by Crippen LogP contribution is -2.53. The molecule has 0 aliphatic carbocycles. The van der Waals surface area contributed by atoms with Gasteiger partial charge in [0.15, 0.2) is 0 Å². The van der Waals surface area contributed by atoms with Gasteiger partial charge in [-0.05, 0) is 45.2 Å². The maximum absolute atomic E-state index is 12.9. The number of amides is 3. The Morgan fingerprint density at radius 1 is 1.21 bits per heavy atom. The molecule has 0 saturated carbocycles. The predicted molar refractivity (Wildman–Crippen MR) is 129 cm³/mol. The zero-order chi connectivity index (χ0) is 25.5. The van der Waals surface area contributed by atoms with E-state index in [4.69, 9.17) is 4.74 Å². The van der Waals surface area contributed by atoms with Crippen molar-refractivity contribution in [3.8, 4) is 0 Å². The van der Waals surface area contributed by atoms with Crippen LogP contribution in [0.4, 0.5) is 4.79 Å². The number of thioether (sulfide) groups is 1. The van der Waals surface area contributed by atoms with Crippen molar-refractivity contribution < 1.29 is 29.0 Å². The average molecular weight is 494 g/mol. The van der Waals surface area contributed by atoms with Crippen molar-refractivity contribution in [3.05, 3.63) is 30.3 Å². The van der Waals surface area contributed by atoms with Gasteiger partial charge >= 0.3 is 12.1 Å². The van der Waals surface area contributed by atoms with E-state index in [1.807, 2.05) is 44.2 Å². The monoisotopic (exact) mass is 493 g/mol. The number of rotatable bonds is 9. The van der Waals surface area contributed by atoms with Crippen molar-refractivity contribution >= 4 is 35.6 Å². The Hall–Kier alpha value is -2.75. The normalized spacial score (nSPS) is 19.7. The molecule has 1 aliphatic rings. The first-order chi connectivity index (χ1) is 15.9. The molecule has 1 aromatic carbocycles. The highest BCUT2D eigenvalue weighted by atomic mass is 32.2. The lowest BCUT2D eigenvalue weighted by molar-refractivity contribution is -0.148. The Morgan fingerprint density at radius 2 is 1.85 bits per heavy atom. The van der Waals surface area contributed by atoms with Gasteiger partial charge in [0.25, 0.3) is 0 Å². The van der Waals surface area contributed by atoms with Crippen LogP contribution in [0.1, 0.15) is 47.5 Å². The highest BCUT2D eigenvalue weighted by molar-refractivity contribution is 8.00. The molecule has 0 bridgehead atoms. The molecular formula is C24H35N3O6S. The molecule has 2 unspecified atom stereocenters. The first-order valence-corrected chi connectivity index (χ1v) is 12.3. The minimum atomic E-state index is -1.07. The Morgan fingerprint density at radius 3 is 2.41 bits per heavy atom. The number of nitrogens with zero attached hydrogens (tertiary/aromatic N) is 1. The fourth-order valence-electron chi connectivity index (χ4n) is 3.59. The summed E-state index contributed by atoms with van der Waals surface area (Å²) in [6.45, 7) is 8.80. The van der Waals surface area contributed by atoms with Crippen LogP contribution in [-0.4, -0.2) is 69.9 Å². The highest BCUT2D eigenvalue weighted by Crippen LogP contribution is 2.33. The molecule has 3 N–H and O–H groups in total. The van der Waals surface area contributed by atoms with Crippen molar-refractivity contribution in [3.63, 3.8) is 0 Å². The molecule has 34 heavy (non-hydrogen) atoms. The van der Waals surface area contributed by atoms with Crippen LogP contribution in [0.25, 0.3) is 0 Å². The van der Waals surface area contributed by atoms with Gasteiger partial charge in [0, 0.05) is 16.7 Å². The van der Waals surface area contributed by atoms with Crippen LogP contribution in [0.15, 0.2) is 35.2 Å². The zero-order valence-electron chi connectivity index (χ0n) is 20.4. The molecule has 1 aliphatic heterocycles. The van der Waals surface area contributed by atoms with Crippen LogP contribution in [0.2, 0.25) is 0 Å². The molecule has 2 rings (SSSR count). The Bertz CT molecular complexity index is 873. The van der Waals surface area contributed by atoms with Gasteiger partial charge in [0.2, 0.25) is 11.8 Å². The summed E-state index contributed by atoms with van der Waals surface area (Å²) in [4.78, 5) is 51.9. The van der Waals surface area contributed by atoms with E-state index >= 15 is 0 Å². The van der Waals surface area contributed by atoms with Gasteiger partial charge in [-0.1, -0.05) is 38.5 Å². The number of carbonyl (C=O) groups is 4. The first-order valence-electron chi connectivity index (χ1n) is 11.4. The second-order valence-electron chi connectivity index (χ2n) is 9.42. The van der Waals surface area contributed by atoms with Crippen molar-refractivity contribution in [2.45, 2.75) is 75.3 Å². The summed E-state index contributed by atoms with van der Waals surface area (Å²) in [6, 6.07) is 7.77. The molecule has 10 heteroatoms. The molecule has 3 amide bonds. The topological polar surface area (TPSA) is 125 Å². The van der Waals surface area contributed by atoms with Crippen LogP contribution in [0.3, 0.4) is 0 Å². The maximum Gasteiger partial charge on any atom is 0.408 e. The van der Waals surface area contributed by atoms with E-state index in [1.165, 1.54) is 16.7 Å². The Kier molecular flexibility index (Phi) is 9.78. The summed E-state index contributed by atoms with van der Waals surface area (Å²) < 4.78 is 5.25. The number of carbonyl (C=O) groups excluding carboxylic acids is 3. The van der Waals surface area contributed by atoms with E-state index in [0.717, 1.165) is 4.90 Å². The molecule has 4 atom stereocenters. The SMILES string of the molecule is CC[C@H](C)[C@H](NC(=O)OC(C)(C)C)C(=O)NCC(=O)N1CC(Sc2ccccc2)CC1C(=O)O. The molecule has 1 fully saturated rings. The number of alkyl carbamates (subject to hydrolysis) is 1. The molecule has 1 heterocycles. The standard InChI is InChI=1S/C24H35N3O6S/c1-6-15(2)20(26-23(32)33-24(3,4)5)21(29)25-13-19(28)27-14-17(12-18(27)22(30)31)34-16-10-8-7-9-11-16/h7-11,15,17-18,20H,6,12-14H2,1-5H3,(H,25,29)(H,26,32)(H,30,31)/t15-,17?,18?,20-/m0/s1. The number of nitrogens with one attached hydrogen (secondary N) is 2. The molecule has 0 radical (unpaired) electrons. The average Bonchev–Trinajstić information content (AvgIpc) is 3.18. The van der Waals surface area contributed by atoms with Gasteiger partial charge in [0.05, 0.1) is 6.54 Å². The number of likely N-dealkylation sites (tertiary alicyclic amines) is 1. The van der Waals surface area contributed by atoms with Crippen molar-refractivity contribution in [1.29, 1.82) is 0 Å². The first kappa shape index (κ1) is 27.5. The van der Waals surface area contributed by atoms with E-state index in [1.54, 1.807) is 20.8 Å². The fourth-order valence-corrected chi connectivity index (χ4v) is 4.81. The lowest BCUT2D eigenvalue weighted by Gasteiger charge is -2.27. The second kappa shape index (κ2) is 12.1. The number of carboxylic acid groups (broad SMARTS) is 1. The molecule has 1 saturated heterocycles. The minimum absolute atomic E-state index is 0.0650. The third-order valence-electron chi connectivity index (χ3n) is 5.50. The van der Waals surface area contributed by atoms with Gasteiger partial charge in [-0.15, -0.1) is 11.8 Å². The number of aliphatic carboxylic acids is 1. The van der Waals surface area contributed by atoms with Gasteiger partial charge < -0.3 is 25.4 Å². The van der Waals surface area contributed by atoms with Crippen LogP contribution in [0, 0.1) is 5.92 Å². The summed E-state index contributed by atoms with van der Waals surface area (Å²) in [7, 11) is 0. The fraction of sp³-hybridized carbons (Fsp3) is 0.583. The van der Waals surface area contributed by atoms with Gasteiger partial charge in [-0.25, -0.2) is 9.59 Å². The number of hydrogen-bond acceptors (Lipinski definition) is 6. The van der Waals surface area contributed by atoms with Gasteiger partial charge in [-0.3, -0.25) is 9.59 Å². The summed E-state index contributed by atoms with van der Waals surface area (Å²) in [5.41, 5.74) is -0.716. The van der Waals surface area contributed by atoms with Gasteiger partial charge in [-0.2, -0.15) is 0 Å². The molecule has 0 spiro atoms. The van der Waals surface area contributed by atoms with Crippen LogP contribution >= 0.6 is 11.8 Å². The smallest absolute Gasteiger partial charge is 0.408 e. The number of hydrogen-bond donors (Lipinski definition) is 3.